The van der Waals surface area contributed by atoms with Crippen molar-refractivity contribution in [1.29, 1.82) is 0 Å². The summed E-state index contributed by atoms with van der Waals surface area (Å²) in [6.45, 7) is 7.21. The van der Waals surface area contributed by atoms with Crippen molar-refractivity contribution in [3.63, 3.8) is 0 Å². The Balaban J connectivity index is 0.921. The molecule has 73 heavy (non-hydrogen) atoms. The lowest BCUT2D eigenvalue weighted by molar-refractivity contribution is -0.118. The lowest BCUT2D eigenvalue weighted by Crippen LogP contribution is -2.33. The second-order valence-electron chi connectivity index (χ2n) is 15.9. The molecule has 10 aromatic rings. The number of methoxy groups -OCH3 is 1. The molecule has 4 aromatic heterocycles. The van der Waals surface area contributed by atoms with E-state index in [1.807, 2.05) is 0 Å². The number of hydrogen-bond donors (Lipinski definition) is 1. The molecule has 0 aliphatic carbocycles. The third-order valence-corrected chi connectivity index (χ3v) is 11.8. The van der Waals surface area contributed by atoms with Crippen LogP contribution in [0.15, 0.2) is 205 Å². The van der Waals surface area contributed by atoms with Crippen LogP contribution in [0.25, 0.3) is 44.8 Å². The molecule has 0 fully saturated rings. The highest BCUT2D eigenvalue weighted by Crippen LogP contribution is 2.36. The molecule has 0 spiro atoms. The maximum Gasteiger partial charge on any atom is 0.338 e. The summed E-state index contributed by atoms with van der Waals surface area (Å²) in [5.41, 5.74) is 4.22. The van der Waals surface area contributed by atoms with Gasteiger partial charge in [-0.2, -0.15) is 0 Å². The zero-order valence-corrected chi connectivity index (χ0v) is 39.9. The molecular weight excluding hydrogens is 972 g/mol. The van der Waals surface area contributed by atoms with Crippen LogP contribution in [0.2, 0.25) is 10.0 Å². The molecule has 0 aliphatic heterocycles. The van der Waals surface area contributed by atoms with Crippen molar-refractivity contribution in [2.45, 2.75) is 0 Å². The molecule has 360 valence electrons. The number of nitrogens with one attached hydrogen (secondary N) is 1. The fraction of sp³-hybridized carbons (Fsp3) is 0.0182. The topological polar surface area (TPSA) is 166 Å². The normalized spacial score (nSPS) is 11.0. The SMILES string of the molecule is C=CC(=O)Nc1cccc(-n2c(=O)n(-c3ccc(Oc4ccc(OC)c(ON(C(=O)C=C)c5cccc(-n6c(=O)n(-c7ccc(Oc8cc(Cl)cc(Cl)c8)cc7)c7cnccc76)c5)c4)cc3)c3cnccc32)c1. The molecule has 18 heteroatoms. The predicted molar refractivity (Wildman–Crippen MR) is 280 cm³/mol. The smallest absolute Gasteiger partial charge is 0.338 e. The highest BCUT2D eigenvalue weighted by Gasteiger charge is 2.23. The van der Waals surface area contributed by atoms with Crippen LogP contribution in [0.3, 0.4) is 0 Å². The summed E-state index contributed by atoms with van der Waals surface area (Å²) < 4.78 is 24.0. The van der Waals surface area contributed by atoms with E-state index in [0.717, 1.165) is 11.1 Å². The number of nitrogens with zero attached hydrogens (tertiary/aromatic N) is 7. The lowest BCUT2D eigenvalue weighted by Gasteiger charge is -2.23. The van der Waals surface area contributed by atoms with E-state index in [9.17, 15) is 19.2 Å². The van der Waals surface area contributed by atoms with Gasteiger partial charge in [-0.25, -0.2) is 9.59 Å². The Morgan fingerprint density at radius 2 is 1.10 bits per heavy atom. The standard InChI is InChI=1S/C55H38Cl2N8O8/c1-4-52(66)60-36-8-6-9-39(29-36)63-46-22-24-58-32-48(46)61(54(63)68)37-12-16-42(17-13-37)71-44-20-21-50(70-3)51(31-44)73-65(53(67)5-2)41-11-7-10-40(30-41)64-47-23-25-59-33-49(47)62(55(64)69)38-14-18-43(19-15-38)72-45-27-34(56)26-35(57)28-45/h4-33H,1-2H2,3H3,(H,60,66). The molecule has 0 saturated carbocycles. The minimum Gasteiger partial charge on any atom is -0.493 e. The van der Waals surface area contributed by atoms with Crippen molar-refractivity contribution in [3.8, 4) is 57.2 Å². The van der Waals surface area contributed by atoms with Crippen LogP contribution >= 0.6 is 23.2 Å². The lowest BCUT2D eigenvalue weighted by atomic mass is 10.2. The number of fused-ring (bicyclic) bond motifs is 2. The van der Waals surface area contributed by atoms with E-state index in [0.29, 0.717) is 83.5 Å². The number of halogens is 2. The summed E-state index contributed by atoms with van der Waals surface area (Å²) in [6.07, 6.45) is 8.65. The minimum atomic E-state index is -0.624. The average molecular weight is 1010 g/mol. The number of imidazole rings is 2. The zero-order chi connectivity index (χ0) is 50.8. The molecule has 0 bridgehead atoms. The number of benzene rings is 6. The van der Waals surface area contributed by atoms with Gasteiger partial charge in [0.25, 0.3) is 5.91 Å². The third kappa shape index (κ3) is 9.41. The summed E-state index contributed by atoms with van der Waals surface area (Å²) >= 11 is 12.3. The molecular formula is C55H38Cl2N8O8. The number of hydrogen-bond acceptors (Lipinski definition) is 10. The van der Waals surface area contributed by atoms with Crippen molar-refractivity contribution in [2.75, 3.05) is 17.5 Å². The molecule has 0 atom stereocenters. The largest absolute Gasteiger partial charge is 0.493 e. The van der Waals surface area contributed by atoms with Gasteiger partial charge in [0.05, 0.1) is 70.0 Å². The number of rotatable bonds is 15. The van der Waals surface area contributed by atoms with E-state index in [4.69, 9.17) is 42.3 Å². The number of anilines is 2. The Hall–Kier alpha value is -9.64. The number of carbonyl (C=O) groups is 2. The van der Waals surface area contributed by atoms with Gasteiger partial charge in [0.2, 0.25) is 11.7 Å². The summed E-state index contributed by atoms with van der Waals surface area (Å²) in [6, 6.07) is 40.6. The van der Waals surface area contributed by atoms with Gasteiger partial charge in [0, 0.05) is 34.2 Å². The van der Waals surface area contributed by atoms with E-state index in [2.05, 4.69) is 28.4 Å². The van der Waals surface area contributed by atoms with Crippen LogP contribution in [-0.4, -0.2) is 47.2 Å². The van der Waals surface area contributed by atoms with Gasteiger partial charge in [0.15, 0.2) is 5.75 Å². The zero-order valence-electron chi connectivity index (χ0n) is 38.4. The van der Waals surface area contributed by atoms with Crippen LogP contribution in [0.5, 0.6) is 34.5 Å². The van der Waals surface area contributed by atoms with E-state index < -0.39 is 11.6 Å². The maximum atomic E-state index is 14.5. The van der Waals surface area contributed by atoms with Gasteiger partial charge < -0.3 is 24.4 Å². The van der Waals surface area contributed by atoms with Crippen molar-refractivity contribution in [2.24, 2.45) is 0 Å². The Morgan fingerprint density at radius 1 is 0.562 bits per heavy atom. The number of carbonyl (C=O) groups excluding carboxylic acids is 2. The first-order valence-corrected chi connectivity index (χ1v) is 22.9. The molecule has 6 aromatic carbocycles. The van der Waals surface area contributed by atoms with Crippen molar-refractivity contribution < 1.29 is 28.6 Å². The van der Waals surface area contributed by atoms with Gasteiger partial charge in [-0.15, -0.1) is 5.06 Å². The van der Waals surface area contributed by atoms with Gasteiger partial charge in [-0.1, -0.05) is 48.5 Å². The number of hydroxylamine groups is 1. The molecule has 16 nitrogen and oxygen atoms in total. The monoisotopic (exact) mass is 1010 g/mol. The number of ether oxygens (including phenoxy) is 3. The molecule has 0 saturated heterocycles. The molecule has 0 aliphatic rings. The van der Waals surface area contributed by atoms with E-state index in [-0.39, 0.29) is 28.8 Å². The fourth-order valence-corrected chi connectivity index (χ4v) is 8.66. The van der Waals surface area contributed by atoms with Gasteiger partial charge in [-0.05, 0) is 140 Å². The third-order valence-electron chi connectivity index (χ3n) is 11.4. The first kappa shape index (κ1) is 47.1. The summed E-state index contributed by atoms with van der Waals surface area (Å²) in [5.74, 6) is 1.07. The second-order valence-corrected chi connectivity index (χ2v) is 16.8. The highest BCUT2D eigenvalue weighted by molar-refractivity contribution is 6.34. The van der Waals surface area contributed by atoms with E-state index in [1.165, 1.54) is 31.5 Å². The number of amides is 2. The second kappa shape index (κ2) is 20.0. The Kier molecular flexibility index (Phi) is 12.9. The highest BCUT2D eigenvalue weighted by atomic mass is 35.5. The minimum absolute atomic E-state index is 0.114. The van der Waals surface area contributed by atoms with Gasteiger partial charge >= 0.3 is 11.4 Å². The number of pyridine rings is 2. The number of aromatic nitrogens is 6. The summed E-state index contributed by atoms with van der Waals surface area (Å²) in [4.78, 5) is 69.2. The predicted octanol–water partition coefficient (Wildman–Crippen LogP) is 11.2. The first-order valence-electron chi connectivity index (χ1n) is 22.1. The van der Waals surface area contributed by atoms with Crippen LogP contribution in [0.1, 0.15) is 0 Å². The average Bonchev–Trinajstić information content (AvgIpc) is 3.87. The van der Waals surface area contributed by atoms with Crippen LogP contribution in [0.4, 0.5) is 11.4 Å². The van der Waals surface area contributed by atoms with E-state index >= 15 is 0 Å². The molecule has 2 amide bonds. The Bertz CT molecular complexity index is 3900. The quantitative estimate of drug-likeness (QED) is 0.0771. The van der Waals surface area contributed by atoms with Crippen molar-refractivity contribution in [1.82, 2.24) is 28.2 Å². The fourth-order valence-electron chi connectivity index (χ4n) is 8.15. The molecule has 4 heterocycles. The molecule has 0 radical (unpaired) electrons. The molecule has 1 N–H and O–H groups in total. The van der Waals surface area contributed by atoms with Crippen molar-refractivity contribution >= 4 is 68.5 Å². The Labute approximate surface area is 424 Å². The van der Waals surface area contributed by atoms with Crippen LogP contribution in [0, 0.1) is 0 Å². The molecule has 10 rings (SSSR count). The molecule has 0 unspecified atom stereocenters. The van der Waals surface area contributed by atoms with Crippen LogP contribution < -0.4 is 40.8 Å². The van der Waals surface area contributed by atoms with Gasteiger partial charge in [-0.3, -0.25) is 37.8 Å². The maximum absolute atomic E-state index is 14.5. The summed E-state index contributed by atoms with van der Waals surface area (Å²) in [7, 11) is 1.46. The first-order chi connectivity index (χ1) is 35.5. The Morgan fingerprint density at radius 3 is 1.66 bits per heavy atom. The van der Waals surface area contributed by atoms with Crippen LogP contribution in [-0.2, 0) is 9.59 Å². The van der Waals surface area contributed by atoms with Gasteiger partial charge in [0.1, 0.15) is 23.0 Å². The summed E-state index contributed by atoms with van der Waals surface area (Å²) in [5, 5.41) is 4.61. The van der Waals surface area contributed by atoms with E-state index in [1.54, 1.807) is 170 Å². The van der Waals surface area contributed by atoms with Crippen molar-refractivity contribution in [3.05, 3.63) is 227 Å².